The Balaban J connectivity index is 1.29. The molecule has 1 aliphatic rings. The first kappa shape index (κ1) is 27.4. The summed E-state index contributed by atoms with van der Waals surface area (Å²) in [6.45, 7) is 2.27. The number of benzene rings is 1. The van der Waals surface area contributed by atoms with Gasteiger partial charge in [0.2, 0.25) is 11.9 Å². The van der Waals surface area contributed by atoms with E-state index in [0.717, 1.165) is 17.9 Å². The lowest BCUT2D eigenvalue weighted by Crippen LogP contribution is -2.43. The first-order chi connectivity index (χ1) is 19.4. The van der Waals surface area contributed by atoms with Crippen molar-refractivity contribution in [3.63, 3.8) is 0 Å². The molecule has 5 rings (SSSR count). The minimum absolute atomic E-state index is 0.0839. The highest BCUT2D eigenvalue weighted by Gasteiger charge is 2.29. The van der Waals surface area contributed by atoms with Crippen LogP contribution >= 0.6 is 0 Å². The normalized spacial score (nSPS) is 17.2. The number of carbonyl (C=O) groups is 1. The van der Waals surface area contributed by atoms with Crippen molar-refractivity contribution >= 4 is 11.9 Å². The van der Waals surface area contributed by atoms with Crippen LogP contribution in [0.15, 0.2) is 59.3 Å². The molecule has 1 saturated heterocycles. The summed E-state index contributed by atoms with van der Waals surface area (Å²) >= 11 is 0. The van der Waals surface area contributed by atoms with Gasteiger partial charge >= 0.3 is 0 Å². The number of amides is 1. The zero-order valence-electron chi connectivity index (χ0n) is 22.4. The molecule has 12 heteroatoms. The molecular formula is C28H32FN7O4. The number of aromatic amines is 1. The molecule has 0 atom stereocenters. The SMILES string of the molecule is CN(C)CCNC(=O)C1COC(Cc2nc(-c3ccc(F)cc3)c(-c3ccnc(NCc4ccco4)n3)[nH]2)OC1. The lowest BCUT2D eigenvalue weighted by atomic mass is 10.1. The number of nitrogens with one attached hydrogen (secondary N) is 3. The maximum absolute atomic E-state index is 13.7. The fourth-order valence-electron chi connectivity index (χ4n) is 4.20. The van der Waals surface area contributed by atoms with Gasteiger partial charge in [0.1, 0.15) is 17.4 Å². The van der Waals surface area contributed by atoms with Gasteiger partial charge in [0.15, 0.2) is 6.29 Å². The van der Waals surface area contributed by atoms with Crippen molar-refractivity contribution in [3.05, 3.63) is 72.3 Å². The third-order valence-corrected chi connectivity index (χ3v) is 6.34. The third kappa shape index (κ3) is 7.08. The summed E-state index contributed by atoms with van der Waals surface area (Å²) in [6, 6.07) is 11.6. The molecule has 0 radical (unpaired) electrons. The Labute approximate surface area is 231 Å². The number of halogens is 1. The van der Waals surface area contributed by atoms with Crippen LogP contribution in [0.3, 0.4) is 0 Å². The number of anilines is 1. The standard InChI is InChI=1S/C28H32FN7O4/c1-36(2)12-11-30-27(37)19-16-39-24(40-17-19)14-23-34-25(18-5-7-20(29)8-6-18)26(35-23)22-9-10-31-28(33-22)32-15-21-4-3-13-38-21/h3-10,13,19,24H,11-12,14-17H2,1-2H3,(H,30,37)(H,34,35)(H,31,32,33). The molecule has 4 aromatic rings. The van der Waals surface area contributed by atoms with E-state index in [0.29, 0.717) is 48.4 Å². The van der Waals surface area contributed by atoms with Crippen LogP contribution in [-0.2, 0) is 27.2 Å². The number of rotatable bonds is 11. The number of aromatic nitrogens is 4. The van der Waals surface area contributed by atoms with E-state index in [2.05, 4.69) is 25.6 Å². The first-order valence-corrected chi connectivity index (χ1v) is 13.0. The number of ether oxygens (including phenoxy) is 2. The summed E-state index contributed by atoms with van der Waals surface area (Å²) in [5.41, 5.74) is 2.59. The number of hydrogen-bond donors (Lipinski definition) is 3. The van der Waals surface area contributed by atoms with Crippen LogP contribution in [0.5, 0.6) is 0 Å². The van der Waals surface area contributed by atoms with Gasteiger partial charge in [-0.25, -0.2) is 19.3 Å². The second kappa shape index (κ2) is 12.8. The van der Waals surface area contributed by atoms with Gasteiger partial charge in [-0.2, -0.15) is 0 Å². The largest absolute Gasteiger partial charge is 0.467 e. The zero-order chi connectivity index (χ0) is 27.9. The Morgan fingerprint density at radius 3 is 2.65 bits per heavy atom. The van der Waals surface area contributed by atoms with Gasteiger partial charge in [-0.05, 0) is 56.6 Å². The molecule has 11 nitrogen and oxygen atoms in total. The summed E-state index contributed by atoms with van der Waals surface area (Å²) in [5.74, 6) is 0.996. The molecule has 0 saturated carbocycles. The molecule has 210 valence electrons. The highest BCUT2D eigenvalue weighted by atomic mass is 19.1. The van der Waals surface area contributed by atoms with Gasteiger partial charge in [0, 0.05) is 24.8 Å². The fraction of sp³-hybridized carbons (Fsp3) is 0.357. The van der Waals surface area contributed by atoms with Crippen molar-refractivity contribution in [2.24, 2.45) is 5.92 Å². The quantitative estimate of drug-likeness (QED) is 0.258. The summed E-state index contributed by atoms with van der Waals surface area (Å²) in [7, 11) is 3.91. The van der Waals surface area contributed by atoms with E-state index >= 15 is 0 Å². The Hall–Kier alpha value is -4.13. The minimum atomic E-state index is -0.568. The van der Waals surface area contributed by atoms with E-state index in [9.17, 15) is 9.18 Å². The van der Waals surface area contributed by atoms with Crippen LogP contribution in [0.4, 0.5) is 10.3 Å². The van der Waals surface area contributed by atoms with Gasteiger partial charge in [-0.3, -0.25) is 4.79 Å². The van der Waals surface area contributed by atoms with Crippen molar-refractivity contribution in [1.29, 1.82) is 0 Å². The topological polar surface area (TPSA) is 130 Å². The molecule has 1 aliphatic heterocycles. The fourth-order valence-corrected chi connectivity index (χ4v) is 4.20. The highest BCUT2D eigenvalue weighted by molar-refractivity contribution is 5.79. The summed E-state index contributed by atoms with van der Waals surface area (Å²) in [6.07, 6.45) is 3.02. The van der Waals surface area contributed by atoms with Crippen LogP contribution in [0, 0.1) is 11.7 Å². The maximum atomic E-state index is 13.7. The highest BCUT2D eigenvalue weighted by Crippen LogP contribution is 2.30. The van der Waals surface area contributed by atoms with Gasteiger partial charge in [0.25, 0.3) is 0 Å². The Bertz CT molecular complexity index is 1380. The summed E-state index contributed by atoms with van der Waals surface area (Å²) in [4.78, 5) is 31.5. The molecule has 1 aromatic carbocycles. The summed E-state index contributed by atoms with van der Waals surface area (Å²) in [5, 5.41) is 6.07. The number of carbonyl (C=O) groups excluding carboxylic acids is 1. The molecule has 1 fully saturated rings. The molecular weight excluding hydrogens is 517 g/mol. The predicted molar refractivity (Wildman–Crippen MR) is 145 cm³/mol. The van der Waals surface area contributed by atoms with Crippen LogP contribution < -0.4 is 10.6 Å². The minimum Gasteiger partial charge on any atom is -0.467 e. The Morgan fingerprint density at radius 1 is 1.12 bits per heavy atom. The second-order valence-corrected chi connectivity index (χ2v) is 9.70. The van der Waals surface area contributed by atoms with Crippen LogP contribution in [-0.4, -0.2) is 77.4 Å². The lowest BCUT2D eigenvalue weighted by molar-refractivity contribution is -0.200. The second-order valence-electron chi connectivity index (χ2n) is 9.70. The zero-order valence-corrected chi connectivity index (χ0v) is 22.4. The monoisotopic (exact) mass is 549 g/mol. The molecule has 3 N–H and O–H groups in total. The summed E-state index contributed by atoms with van der Waals surface area (Å²) < 4.78 is 30.7. The number of likely N-dealkylation sites (N-methyl/N-ethyl adjacent to an activating group) is 1. The Morgan fingerprint density at radius 2 is 1.93 bits per heavy atom. The number of nitrogens with zero attached hydrogens (tertiary/aromatic N) is 4. The average molecular weight is 550 g/mol. The Kier molecular flexibility index (Phi) is 8.79. The van der Waals surface area contributed by atoms with E-state index in [1.165, 1.54) is 12.1 Å². The van der Waals surface area contributed by atoms with E-state index in [1.54, 1.807) is 30.7 Å². The third-order valence-electron chi connectivity index (χ3n) is 6.34. The van der Waals surface area contributed by atoms with Crippen molar-refractivity contribution in [1.82, 2.24) is 30.2 Å². The van der Waals surface area contributed by atoms with Crippen molar-refractivity contribution < 1.29 is 23.1 Å². The van der Waals surface area contributed by atoms with Crippen molar-refractivity contribution in [2.45, 2.75) is 19.3 Å². The van der Waals surface area contributed by atoms with Gasteiger partial charge in [-0.15, -0.1) is 0 Å². The van der Waals surface area contributed by atoms with Crippen molar-refractivity contribution in [2.75, 3.05) is 45.7 Å². The number of furan rings is 1. The number of hydrogen-bond acceptors (Lipinski definition) is 9. The van der Waals surface area contributed by atoms with Crippen LogP contribution in [0.25, 0.3) is 22.6 Å². The first-order valence-electron chi connectivity index (χ1n) is 13.0. The lowest BCUT2D eigenvalue weighted by Gasteiger charge is -2.28. The van der Waals surface area contributed by atoms with Gasteiger partial charge < -0.3 is 34.4 Å². The molecule has 3 aromatic heterocycles. The molecule has 40 heavy (non-hydrogen) atoms. The molecule has 0 aliphatic carbocycles. The molecule has 4 heterocycles. The van der Waals surface area contributed by atoms with E-state index in [-0.39, 0.29) is 30.9 Å². The predicted octanol–water partition coefficient (Wildman–Crippen LogP) is 3.09. The van der Waals surface area contributed by atoms with Crippen molar-refractivity contribution in [3.8, 4) is 22.6 Å². The maximum Gasteiger partial charge on any atom is 0.227 e. The van der Waals surface area contributed by atoms with E-state index in [4.69, 9.17) is 18.9 Å². The van der Waals surface area contributed by atoms with Gasteiger partial charge in [0.05, 0.1) is 55.4 Å². The molecule has 1 amide bonds. The average Bonchev–Trinajstić information content (AvgIpc) is 3.63. The van der Waals surface area contributed by atoms with Gasteiger partial charge in [-0.1, -0.05) is 0 Å². The van der Waals surface area contributed by atoms with Crippen LogP contribution in [0.2, 0.25) is 0 Å². The molecule has 0 bridgehead atoms. The van der Waals surface area contributed by atoms with E-state index in [1.807, 2.05) is 31.1 Å². The van der Waals surface area contributed by atoms with Crippen LogP contribution in [0.1, 0.15) is 11.6 Å². The molecule has 0 spiro atoms. The van der Waals surface area contributed by atoms with E-state index < -0.39 is 6.29 Å². The smallest absolute Gasteiger partial charge is 0.227 e. The molecule has 0 unspecified atom stereocenters. The number of H-pyrrole nitrogens is 1. The number of imidazole rings is 1.